The van der Waals surface area contributed by atoms with Gasteiger partial charge in [0.25, 0.3) is 0 Å². The van der Waals surface area contributed by atoms with Crippen LogP contribution >= 0.6 is 0 Å². The van der Waals surface area contributed by atoms with Crippen LogP contribution in [0.4, 0.5) is 0 Å². The molecule has 3 aliphatic carbocycles. The molecule has 1 heterocycles. The number of hydrogen-bond acceptors (Lipinski definition) is 3. The lowest BCUT2D eigenvalue weighted by Crippen LogP contribution is -2.43. The van der Waals surface area contributed by atoms with Crippen molar-refractivity contribution in [1.29, 1.82) is 0 Å². The van der Waals surface area contributed by atoms with E-state index in [-0.39, 0.29) is 35.6 Å². The first kappa shape index (κ1) is 20.9. The maximum Gasteiger partial charge on any atom is 0.233 e. The number of nitrogens with zero attached hydrogens (tertiary/aromatic N) is 1. The van der Waals surface area contributed by atoms with E-state index in [2.05, 4.69) is 12.2 Å². The number of nitrogens with one attached hydrogen (secondary N) is 1. The Balaban J connectivity index is 1.24. The molecule has 1 N–H and O–H groups in total. The normalized spacial score (nSPS) is 40.6. The zero-order valence-corrected chi connectivity index (χ0v) is 18.2. The summed E-state index contributed by atoms with van der Waals surface area (Å²) in [7, 11) is 0. The van der Waals surface area contributed by atoms with Crippen molar-refractivity contribution in [2.45, 2.75) is 103 Å². The van der Waals surface area contributed by atoms with Crippen LogP contribution in [0.15, 0.2) is 0 Å². The molecule has 3 amide bonds. The Labute approximate surface area is 175 Å². The number of rotatable bonds is 4. The zero-order valence-electron chi connectivity index (χ0n) is 18.2. The predicted octanol–water partition coefficient (Wildman–Crippen LogP) is 4.05. The lowest BCUT2D eigenvalue weighted by Gasteiger charge is -2.36. The van der Waals surface area contributed by atoms with Crippen LogP contribution in [0, 0.1) is 29.6 Å². The Morgan fingerprint density at radius 2 is 1.45 bits per heavy atom. The smallest absolute Gasteiger partial charge is 0.233 e. The molecule has 4 rings (SSSR count). The monoisotopic (exact) mass is 402 g/mol. The lowest BCUT2D eigenvalue weighted by molar-refractivity contribution is -0.143. The van der Waals surface area contributed by atoms with Crippen LogP contribution < -0.4 is 5.32 Å². The fourth-order valence-corrected chi connectivity index (χ4v) is 6.72. The van der Waals surface area contributed by atoms with E-state index in [0.717, 1.165) is 69.6 Å². The average Bonchev–Trinajstić information content (AvgIpc) is 2.94. The molecule has 1 saturated heterocycles. The van der Waals surface area contributed by atoms with E-state index < -0.39 is 0 Å². The highest BCUT2D eigenvalue weighted by Gasteiger charge is 2.51. The molecule has 1 aliphatic heterocycles. The van der Waals surface area contributed by atoms with E-state index in [9.17, 15) is 14.4 Å². The first-order valence-corrected chi connectivity index (χ1v) is 12.1. The van der Waals surface area contributed by atoms with E-state index >= 15 is 0 Å². The molecule has 4 fully saturated rings. The summed E-state index contributed by atoms with van der Waals surface area (Å²) in [6, 6.07) is 0.528. The van der Waals surface area contributed by atoms with Crippen molar-refractivity contribution >= 4 is 17.7 Å². The third-order valence-electron chi connectivity index (χ3n) is 8.32. The fourth-order valence-electron chi connectivity index (χ4n) is 6.72. The van der Waals surface area contributed by atoms with Gasteiger partial charge < -0.3 is 5.32 Å². The minimum atomic E-state index is -0.0252. The largest absolute Gasteiger partial charge is 0.354 e. The van der Waals surface area contributed by atoms with Gasteiger partial charge in [-0.15, -0.1) is 0 Å². The van der Waals surface area contributed by atoms with Crippen LogP contribution in [0.3, 0.4) is 0 Å². The third-order valence-corrected chi connectivity index (χ3v) is 8.32. The number of amides is 3. The highest BCUT2D eigenvalue weighted by atomic mass is 16.2. The molecule has 0 aromatic rings. The van der Waals surface area contributed by atoms with Gasteiger partial charge in [-0.1, -0.05) is 6.92 Å². The molecule has 0 aromatic heterocycles. The summed E-state index contributed by atoms with van der Waals surface area (Å²) >= 11 is 0. The second-order valence-corrected chi connectivity index (χ2v) is 10.5. The van der Waals surface area contributed by atoms with E-state index in [4.69, 9.17) is 0 Å². The Morgan fingerprint density at radius 3 is 2.07 bits per heavy atom. The van der Waals surface area contributed by atoms with Crippen LogP contribution in [0.25, 0.3) is 0 Å². The Morgan fingerprint density at radius 1 is 0.862 bits per heavy atom. The summed E-state index contributed by atoms with van der Waals surface area (Å²) < 4.78 is 0. The van der Waals surface area contributed by atoms with Gasteiger partial charge in [0.1, 0.15) is 0 Å². The Bertz CT molecular complexity index is 632. The van der Waals surface area contributed by atoms with Crippen LogP contribution in [0.2, 0.25) is 0 Å². The van der Waals surface area contributed by atoms with Crippen molar-refractivity contribution in [3.63, 3.8) is 0 Å². The molecular formula is C24H38N2O3. The average molecular weight is 403 g/mol. The molecule has 0 radical (unpaired) electrons. The first-order chi connectivity index (χ1) is 13.9. The van der Waals surface area contributed by atoms with Gasteiger partial charge >= 0.3 is 0 Å². The Hall–Kier alpha value is -1.39. The second kappa shape index (κ2) is 8.77. The highest BCUT2D eigenvalue weighted by Crippen LogP contribution is 2.44. The molecule has 162 valence electrons. The number of hydrogen-bond donors (Lipinski definition) is 1. The number of likely N-dealkylation sites (tertiary alicyclic amines) is 1. The van der Waals surface area contributed by atoms with Crippen molar-refractivity contribution in [2.24, 2.45) is 29.6 Å². The Kier molecular flexibility index (Phi) is 6.31. The van der Waals surface area contributed by atoms with E-state index in [1.54, 1.807) is 11.8 Å². The van der Waals surface area contributed by atoms with Gasteiger partial charge in [-0.2, -0.15) is 0 Å². The molecule has 0 aromatic carbocycles. The van der Waals surface area contributed by atoms with Crippen LogP contribution in [0.1, 0.15) is 90.9 Å². The quantitative estimate of drug-likeness (QED) is 0.722. The van der Waals surface area contributed by atoms with Crippen LogP contribution in [-0.2, 0) is 14.4 Å². The van der Waals surface area contributed by atoms with Gasteiger partial charge in [0.2, 0.25) is 17.7 Å². The molecule has 0 bridgehead atoms. The summed E-state index contributed by atoms with van der Waals surface area (Å²) in [5.74, 6) is 2.43. The molecule has 3 unspecified atom stereocenters. The topological polar surface area (TPSA) is 66.5 Å². The van der Waals surface area contributed by atoms with Crippen molar-refractivity contribution in [3.05, 3.63) is 0 Å². The van der Waals surface area contributed by atoms with E-state index in [0.29, 0.717) is 12.0 Å². The summed E-state index contributed by atoms with van der Waals surface area (Å²) in [5.41, 5.74) is 0. The first-order valence-electron chi connectivity index (χ1n) is 12.1. The summed E-state index contributed by atoms with van der Waals surface area (Å²) in [6.45, 7) is 3.82. The maximum atomic E-state index is 13.0. The van der Waals surface area contributed by atoms with E-state index in [1.807, 2.05) is 0 Å². The number of imide groups is 1. The van der Waals surface area contributed by atoms with Gasteiger partial charge in [-0.3, -0.25) is 19.3 Å². The van der Waals surface area contributed by atoms with Crippen molar-refractivity contribution < 1.29 is 14.4 Å². The summed E-state index contributed by atoms with van der Waals surface area (Å²) in [4.78, 5) is 38.9. The van der Waals surface area contributed by atoms with Crippen molar-refractivity contribution in [3.8, 4) is 0 Å². The molecule has 4 aliphatic rings. The highest BCUT2D eigenvalue weighted by molar-refractivity contribution is 6.05. The van der Waals surface area contributed by atoms with Gasteiger partial charge in [0.15, 0.2) is 0 Å². The standard InChI is InChI=1S/C24H38N2O3/c1-15-3-12-21-22(13-15)24(29)26(23(21)28)20-10-6-18(7-11-20)14-17-4-8-19(9-5-17)25-16(2)27/h15,17-22H,3-14H2,1-2H3,(H,25,27). The summed E-state index contributed by atoms with van der Waals surface area (Å²) in [6.07, 6.45) is 13.1. The SMILES string of the molecule is CC(=O)NC1CCC(CC2CCC(N3C(=O)C4CCC(C)CC4C3=O)CC2)CC1. The molecule has 29 heavy (non-hydrogen) atoms. The van der Waals surface area contributed by atoms with Gasteiger partial charge in [0.05, 0.1) is 11.8 Å². The molecule has 5 nitrogen and oxygen atoms in total. The fraction of sp³-hybridized carbons (Fsp3) is 0.875. The van der Waals surface area contributed by atoms with Crippen LogP contribution in [-0.4, -0.2) is 34.7 Å². The molecule has 5 heteroatoms. The van der Waals surface area contributed by atoms with Gasteiger partial charge in [-0.05, 0) is 94.8 Å². The molecule has 0 spiro atoms. The van der Waals surface area contributed by atoms with Gasteiger partial charge in [0, 0.05) is 19.0 Å². The minimum Gasteiger partial charge on any atom is -0.354 e. The molecule has 3 atom stereocenters. The minimum absolute atomic E-state index is 0.0183. The maximum absolute atomic E-state index is 13.0. The van der Waals surface area contributed by atoms with E-state index in [1.165, 1.54) is 19.3 Å². The predicted molar refractivity (Wildman–Crippen MR) is 112 cm³/mol. The van der Waals surface area contributed by atoms with Crippen LogP contribution in [0.5, 0.6) is 0 Å². The molecular weight excluding hydrogens is 364 g/mol. The van der Waals surface area contributed by atoms with Gasteiger partial charge in [-0.25, -0.2) is 0 Å². The lowest BCUT2D eigenvalue weighted by atomic mass is 9.75. The third kappa shape index (κ3) is 4.54. The summed E-state index contributed by atoms with van der Waals surface area (Å²) in [5, 5.41) is 3.07. The molecule has 3 saturated carbocycles. The van der Waals surface area contributed by atoms with Crippen molar-refractivity contribution in [1.82, 2.24) is 10.2 Å². The number of fused-ring (bicyclic) bond motifs is 1. The van der Waals surface area contributed by atoms with Crippen molar-refractivity contribution in [2.75, 3.05) is 0 Å². The number of carbonyl (C=O) groups is 3. The zero-order chi connectivity index (χ0) is 20.5. The second-order valence-electron chi connectivity index (χ2n) is 10.5. The number of carbonyl (C=O) groups excluding carboxylic acids is 3.